The molecule has 19 heavy (non-hydrogen) atoms. The van der Waals surface area contributed by atoms with Crippen molar-refractivity contribution in [2.45, 2.75) is 44.6 Å². The normalized spacial score (nSPS) is 18.6. The number of nitrogens with one attached hydrogen (secondary N) is 3. The molecule has 0 bridgehead atoms. The molecule has 1 amide bonds. The number of hydrogen-bond donors (Lipinski definition) is 3. The summed E-state index contributed by atoms with van der Waals surface area (Å²) in [6, 6.07) is 0.591. The number of carbonyl (C=O) groups is 1. The number of rotatable bonds is 6. The highest BCUT2D eigenvalue weighted by molar-refractivity contribution is 5.85. The van der Waals surface area contributed by atoms with Crippen LogP contribution in [0.25, 0.3) is 0 Å². The largest absolute Gasteiger partial charge is 0.356 e. The molecule has 1 atom stereocenters. The highest BCUT2D eigenvalue weighted by Crippen LogP contribution is 2.09. The van der Waals surface area contributed by atoms with E-state index in [2.05, 4.69) is 20.8 Å². The van der Waals surface area contributed by atoms with Crippen LogP contribution in [-0.2, 0) is 11.2 Å². The molecule has 2 heterocycles. The van der Waals surface area contributed by atoms with Crippen LogP contribution in [-0.4, -0.2) is 35.2 Å². The van der Waals surface area contributed by atoms with Gasteiger partial charge in [-0.25, -0.2) is 0 Å². The Labute approximate surface area is 120 Å². The summed E-state index contributed by atoms with van der Waals surface area (Å²) >= 11 is 0. The predicted molar refractivity (Wildman–Crippen MR) is 77.4 cm³/mol. The van der Waals surface area contributed by atoms with E-state index in [1.807, 2.05) is 6.20 Å². The van der Waals surface area contributed by atoms with Crippen molar-refractivity contribution < 1.29 is 4.79 Å². The number of carbonyl (C=O) groups excluding carboxylic acids is 1. The van der Waals surface area contributed by atoms with Crippen molar-refractivity contribution in [1.29, 1.82) is 0 Å². The molecule has 5 nitrogen and oxygen atoms in total. The molecule has 108 valence electrons. The molecule has 1 fully saturated rings. The van der Waals surface area contributed by atoms with Gasteiger partial charge in [0.15, 0.2) is 0 Å². The third-order valence-corrected chi connectivity index (χ3v) is 3.42. The number of piperidine rings is 1. The maximum atomic E-state index is 11.6. The molecule has 0 aromatic carbocycles. The fourth-order valence-electron chi connectivity index (χ4n) is 2.32. The lowest BCUT2D eigenvalue weighted by Gasteiger charge is -2.23. The summed E-state index contributed by atoms with van der Waals surface area (Å²) in [7, 11) is 0. The molecule has 2 rings (SSSR count). The molecular weight excluding hydrogens is 264 g/mol. The van der Waals surface area contributed by atoms with Crippen molar-refractivity contribution >= 4 is 18.3 Å². The van der Waals surface area contributed by atoms with Crippen molar-refractivity contribution in [3.8, 4) is 0 Å². The zero-order valence-electron chi connectivity index (χ0n) is 11.2. The second-order valence-corrected chi connectivity index (χ2v) is 4.89. The lowest BCUT2D eigenvalue weighted by atomic mass is 10.0. The van der Waals surface area contributed by atoms with E-state index in [4.69, 9.17) is 0 Å². The Balaban J connectivity index is 0.00000180. The number of halogens is 1. The second-order valence-electron chi connectivity index (χ2n) is 4.89. The summed E-state index contributed by atoms with van der Waals surface area (Å²) in [4.78, 5) is 11.6. The summed E-state index contributed by atoms with van der Waals surface area (Å²) in [5.74, 6) is 0.131. The molecule has 0 saturated carbocycles. The first kappa shape index (κ1) is 16.0. The molecule has 1 unspecified atom stereocenters. The SMILES string of the molecule is Cl.O=C(CCc1cn[nH]c1)NCCC1CCCCN1. The van der Waals surface area contributed by atoms with Crippen molar-refractivity contribution in [2.75, 3.05) is 13.1 Å². The van der Waals surface area contributed by atoms with Crippen LogP contribution in [0.15, 0.2) is 12.4 Å². The number of nitrogens with zero attached hydrogens (tertiary/aromatic N) is 1. The Kier molecular flexibility index (Phi) is 7.52. The van der Waals surface area contributed by atoms with Gasteiger partial charge in [0.2, 0.25) is 5.91 Å². The third-order valence-electron chi connectivity index (χ3n) is 3.42. The van der Waals surface area contributed by atoms with E-state index >= 15 is 0 Å². The van der Waals surface area contributed by atoms with E-state index < -0.39 is 0 Å². The van der Waals surface area contributed by atoms with Gasteiger partial charge in [-0.3, -0.25) is 9.89 Å². The Bertz CT molecular complexity index is 350. The molecule has 1 saturated heterocycles. The van der Waals surface area contributed by atoms with Gasteiger partial charge in [0.25, 0.3) is 0 Å². The molecule has 0 spiro atoms. The van der Waals surface area contributed by atoms with Gasteiger partial charge in [-0.2, -0.15) is 5.10 Å². The van der Waals surface area contributed by atoms with Gasteiger partial charge in [-0.15, -0.1) is 12.4 Å². The molecule has 1 aliphatic heterocycles. The minimum absolute atomic E-state index is 0. The van der Waals surface area contributed by atoms with Crippen molar-refractivity contribution in [3.63, 3.8) is 0 Å². The van der Waals surface area contributed by atoms with Gasteiger partial charge >= 0.3 is 0 Å². The standard InChI is InChI=1S/C13H22N4O.ClH/c18-13(5-4-11-9-16-17-10-11)15-8-6-12-3-1-2-7-14-12;/h9-10,12,14H,1-8H2,(H,15,18)(H,16,17);1H. The minimum atomic E-state index is 0. The topological polar surface area (TPSA) is 69.8 Å². The van der Waals surface area contributed by atoms with Crippen LogP contribution >= 0.6 is 12.4 Å². The van der Waals surface area contributed by atoms with Crippen LogP contribution in [0.1, 0.15) is 37.7 Å². The quantitative estimate of drug-likeness (QED) is 0.741. The fourth-order valence-corrected chi connectivity index (χ4v) is 2.32. The number of aryl methyl sites for hydroxylation is 1. The van der Waals surface area contributed by atoms with Crippen LogP contribution in [0.5, 0.6) is 0 Å². The van der Waals surface area contributed by atoms with Gasteiger partial charge < -0.3 is 10.6 Å². The van der Waals surface area contributed by atoms with E-state index in [9.17, 15) is 4.79 Å². The Morgan fingerprint density at radius 3 is 3.05 bits per heavy atom. The van der Waals surface area contributed by atoms with E-state index in [1.54, 1.807) is 6.20 Å². The zero-order chi connectivity index (χ0) is 12.6. The number of aromatic amines is 1. The van der Waals surface area contributed by atoms with Crippen molar-refractivity contribution in [3.05, 3.63) is 18.0 Å². The van der Waals surface area contributed by atoms with Crippen LogP contribution in [0.2, 0.25) is 0 Å². The highest BCUT2D eigenvalue weighted by Gasteiger charge is 2.12. The van der Waals surface area contributed by atoms with Crippen LogP contribution in [0.3, 0.4) is 0 Å². The maximum absolute atomic E-state index is 11.6. The predicted octanol–water partition coefficient (Wildman–Crippen LogP) is 1.41. The van der Waals surface area contributed by atoms with E-state index in [0.29, 0.717) is 12.5 Å². The van der Waals surface area contributed by atoms with Crippen molar-refractivity contribution in [2.24, 2.45) is 0 Å². The summed E-state index contributed by atoms with van der Waals surface area (Å²) in [5, 5.41) is 13.1. The number of aromatic nitrogens is 2. The zero-order valence-corrected chi connectivity index (χ0v) is 12.0. The summed E-state index contributed by atoms with van der Waals surface area (Å²) in [6.45, 7) is 1.90. The van der Waals surface area contributed by atoms with Crippen LogP contribution < -0.4 is 10.6 Å². The molecule has 1 aromatic rings. The Hall–Kier alpha value is -1.07. The first-order chi connectivity index (χ1) is 8.84. The molecule has 1 aliphatic rings. The van der Waals surface area contributed by atoms with E-state index in [0.717, 1.165) is 31.5 Å². The monoisotopic (exact) mass is 286 g/mol. The van der Waals surface area contributed by atoms with E-state index in [-0.39, 0.29) is 18.3 Å². The second kappa shape index (κ2) is 8.93. The lowest BCUT2D eigenvalue weighted by Crippen LogP contribution is -2.37. The average molecular weight is 287 g/mol. The van der Waals surface area contributed by atoms with Gasteiger partial charge in [0, 0.05) is 25.2 Å². The summed E-state index contributed by atoms with van der Waals surface area (Å²) in [5.41, 5.74) is 1.08. The minimum Gasteiger partial charge on any atom is -0.356 e. The van der Waals surface area contributed by atoms with Crippen LogP contribution in [0, 0.1) is 0 Å². The first-order valence-corrected chi connectivity index (χ1v) is 6.82. The number of amides is 1. The van der Waals surface area contributed by atoms with Gasteiger partial charge in [0.05, 0.1) is 6.20 Å². The smallest absolute Gasteiger partial charge is 0.220 e. The Morgan fingerprint density at radius 2 is 2.37 bits per heavy atom. The van der Waals surface area contributed by atoms with Gasteiger partial charge in [0.1, 0.15) is 0 Å². The first-order valence-electron chi connectivity index (χ1n) is 6.82. The average Bonchev–Trinajstić information content (AvgIpc) is 2.91. The third kappa shape index (κ3) is 6.07. The molecular formula is C13H23ClN4O. The number of hydrogen-bond acceptors (Lipinski definition) is 3. The lowest BCUT2D eigenvalue weighted by molar-refractivity contribution is -0.121. The number of H-pyrrole nitrogens is 1. The molecule has 0 radical (unpaired) electrons. The molecule has 6 heteroatoms. The molecule has 0 aliphatic carbocycles. The van der Waals surface area contributed by atoms with E-state index in [1.165, 1.54) is 19.3 Å². The fraction of sp³-hybridized carbons (Fsp3) is 0.692. The maximum Gasteiger partial charge on any atom is 0.220 e. The molecule has 1 aromatic heterocycles. The highest BCUT2D eigenvalue weighted by atomic mass is 35.5. The molecule has 3 N–H and O–H groups in total. The van der Waals surface area contributed by atoms with Gasteiger partial charge in [-0.1, -0.05) is 6.42 Å². The van der Waals surface area contributed by atoms with Crippen molar-refractivity contribution in [1.82, 2.24) is 20.8 Å². The van der Waals surface area contributed by atoms with Gasteiger partial charge in [-0.05, 0) is 37.8 Å². The Morgan fingerprint density at radius 1 is 1.47 bits per heavy atom. The summed E-state index contributed by atoms with van der Waals surface area (Å²) < 4.78 is 0. The summed E-state index contributed by atoms with van der Waals surface area (Å²) in [6.07, 6.45) is 9.77. The van der Waals surface area contributed by atoms with Crippen LogP contribution in [0.4, 0.5) is 0 Å².